The van der Waals surface area contributed by atoms with Gasteiger partial charge in [-0.25, -0.2) is 0 Å². The van der Waals surface area contributed by atoms with Crippen molar-refractivity contribution in [1.82, 2.24) is 0 Å². The van der Waals surface area contributed by atoms with Crippen LogP contribution in [0.3, 0.4) is 0 Å². The van der Waals surface area contributed by atoms with E-state index in [0.717, 1.165) is 10.9 Å². The molecule has 0 spiro atoms. The molecule has 1 aliphatic carbocycles. The molecule has 0 heterocycles. The van der Waals surface area contributed by atoms with Gasteiger partial charge in [-0.3, -0.25) is 14.4 Å². The molecule has 2 atom stereocenters. The second-order valence-electron chi connectivity index (χ2n) is 5.20. The minimum absolute atomic E-state index is 0.270. The van der Waals surface area contributed by atoms with Gasteiger partial charge in [-0.1, -0.05) is 34.5 Å². The Hall–Kier alpha value is -1.69. The number of hydrogen-bond donors (Lipinski definition) is 0. The number of ketones is 1. The molecule has 1 saturated carbocycles. The molecule has 2 rings (SSSR count). The fourth-order valence-corrected chi connectivity index (χ4v) is 2.90. The lowest BCUT2D eigenvalue weighted by atomic mass is 9.96. The summed E-state index contributed by atoms with van der Waals surface area (Å²) >= 11 is 3.29. The van der Waals surface area contributed by atoms with E-state index in [2.05, 4.69) is 15.9 Å². The van der Waals surface area contributed by atoms with Crippen LogP contribution in [0.1, 0.15) is 29.6 Å². The highest BCUT2D eigenvalue weighted by atomic mass is 79.9. The first kappa shape index (κ1) is 16.7. The number of carbonyl (C=O) groups is 3. The van der Waals surface area contributed by atoms with E-state index in [-0.39, 0.29) is 12.4 Å². The Balaban J connectivity index is 1.90. The Morgan fingerprint density at radius 1 is 1.09 bits per heavy atom. The van der Waals surface area contributed by atoms with Gasteiger partial charge in [0, 0.05) is 10.0 Å². The smallest absolute Gasteiger partial charge is 0.310 e. The third kappa shape index (κ3) is 3.94. The number of ether oxygens (including phenoxy) is 2. The van der Waals surface area contributed by atoms with Gasteiger partial charge in [-0.15, -0.1) is 0 Å². The molecule has 1 aromatic carbocycles. The number of methoxy groups -OCH3 is 1. The van der Waals surface area contributed by atoms with Crippen molar-refractivity contribution in [2.45, 2.75) is 19.3 Å². The summed E-state index contributed by atoms with van der Waals surface area (Å²) in [5.74, 6) is -2.13. The summed E-state index contributed by atoms with van der Waals surface area (Å²) in [5, 5.41) is 0. The van der Waals surface area contributed by atoms with Crippen LogP contribution in [0, 0.1) is 11.8 Å². The van der Waals surface area contributed by atoms with Crippen LogP contribution in [0.4, 0.5) is 0 Å². The van der Waals surface area contributed by atoms with Gasteiger partial charge < -0.3 is 9.47 Å². The van der Waals surface area contributed by atoms with Crippen molar-refractivity contribution in [3.05, 3.63) is 34.3 Å². The lowest BCUT2D eigenvalue weighted by Gasteiger charge is -2.16. The van der Waals surface area contributed by atoms with Crippen LogP contribution >= 0.6 is 15.9 Å². The maximum absolute atomic E-state index is 12.1. The van der Waals surface area contributed by atoms with Crippen LogP contribution in [-0.4, -0.2) is 31.4 Å². The molecule has 0 N–H and O–H groups in total. The van der Waals surface area contributed by atoms with Crippen molar-refractivity contribution in [3.63, 3.8) is 0 Å². The molecule has 0 aliphatic heterocycles. The number of hydrogen-bond acceptors (Lipinski definition) is 5. The third-order valence-electron chi connectivity index (χ3n) is 3.83. The van der Waals surface area contributed by atoms with Gasteiger partial charge in [0.15, 0.2) is 12.4 Å². The van der Waals surface area contributed by atoms with Crippen LogP contribution < -0.4 is 0 Å². The van der Waals surface area contributed by atoms with E-state index < -0.39 is 23.8 Å². The largest absolute Gasteiger partial charge is 0.469 e. The number of benzene rings is 1. The zero-order valence-corrected chi connectivity index (χ0v) is 13.8. The molecule has 5 nitrogen and oxygen atoms in total. The van der Waals surface area contributed by atoms with Crippen molar-refractivity contribution in [2.75, 3.05) is 13.7 Å². The van der Waals surface area contributed by atoms with E-state index in [1.165, 1.54) is 7.11 Å². The highest BCUT2D eigenvalue weighted by Crippen LogP contribution is 2.33. The number of rotatable bonds is 5. The predicted molar refractivity (Wildman–Crippen MR) is 82.3 cm³/mol. The molecule has 0 aromatic heterocycles. The number of halogens is 1. The molecule has 0 amide bonds. The minimum Gasteiger partial charge on any atom is -0.469 e. The first-order valence-electron chi connectivity index (χ1n) is 7.06. The SMILES string of the molecule is COC(=O)[C@H]1CCC[C@@H]1C(=O)OCC(=O)c1ccc(Br)cc1. The predicted octanol–water partition coefficient (Wildman–Crippen LogP) is 2.76. The van der Waals surface area contributed by atoms with Crippen molar-refractivity contribution >= 4 is 33.7 Å². The molecule has 1 fully saturated rings. The quantitative estimate of drug-likeness (QED) is 0.590. The molecule has 118 valence electrons. The lowest BCUT2D eigenvalue weighted by Crippen LogP contribution is -2.29. The fourth-order valence-electron chi connectivity index (χ4n) is 2.64. The second kappa shape index (κ2) is 7.54. The summed E-state index contributed by atoms with van der Waals surface area (Å²) in [7, 11) is 1.31. The Kier molecular flexibility index (Phi) is 5.71. The first-order chi connectivity index (χ1) is 10.5. The van der Waals surface area contributed by atoms with Gasteiger partial charge in [0.25, 0.3) is 0 Å². The van der Waals surface area contributed by atoms with Gasteiger partial charge in [-0.2, -0.15) is 0 Å². The van der Waals surface area contributed by atoms with Crippen molar-refractivity contribution in [3.8, 4) is 0 Å². The van der Waals surface area contributed by atoms with E-state index in [1.807, 2.05) is 0 Å². The summed E-state index contributed by atoms with van der Waals surface area (Å²) < 4.78 is 10.7. The lowest BCUT2D eigenvalue weighted by molar-refractivity contribution is -0.157. The zero-order chi connectivity index (χ0) is 16.1. The topological polar surface area (TPSA) is 69.7 Å². The van der Waals surface area contributed by atoms with Crippen LogP contribution in [0.2, 0.25) is 0 Å². The van der Waals surface area contributed by atoms with Gasteiger partial charge in [0.2, 0.25) is 0 Å². The molecule has 1 aromatic rings. The van der Waals surface area contributed by atoms with Crippen molar-refractivity contribution in [2.24, 2.45) is 11.8 Å². The summed E-state index contributed by atoms with van der Waals surface area (Å²) in [6, 6.07) is 6.82. The Morgan fingerprint density at radius 2 is 1.68 bits per heavy atom. The molecular weight excluding hydrogens is 352 g/mol. The van der Waals surface area contributed by atoms with E-state index in [9.17, 15) is 14.4 Å². The molecule has 22 heavy (non-hydrogen) atoms. The summed E-state index contributed by atoms with van der Waals surface area (Å²) in [6.07, 6.45) is 1.98. The monoisotopic (exact) mass is 368 g/mol. The Labute approximate surface area is 137 Å². The van der Waals surface area contributed by atoms with E-state index in [1.54, 1.807) is 24.3 Å². The number of Topliss-reactive ketones (excluding diaryl/α,β-unsaturated/α-hetero) is 1. The molecule has 0 saturated heterocycles. The third-order valence-corrected chi connectivity index (χ3v) is 4.36. The van der Waals surface area contributed by atoms with Crippen molar-refractivity contribution < 1.29 is 23.9 Å². The maximum atomic E-state index is 12.1. The van der Waals surface area contributed by atoms with Gasteiger partial charge in [0.1, 0.15) is 0 Å². The average molecular weight is 369 g/mol. The molecule has 6 heteroatoms. The molecule has 0 bridgehead atoms. The first-order valence-corrected chi connectivity index (χ1v) is 7.85. The summed E-state index contributed by atoms with van der Waals surface area (Å²) in [4.78, 5) is 35.7. The summed E-state index contributed by atoms with van der Waals surface area (Å²) in [6.45, 7) is -0.315. The van der Waals surface area contributed by atoms with E-state index in [4.69, 9.17) is 9.47 Å². The van der Waals surface area contributed by atoms with Crippen molar-refractivity contribution in [1.29, 1.82) is 0 Å². The molecular formula is C16H17BrO5. The van der Waals surface area contributed by atoms with Gasteiger partial charge in [-0.05, 0) is 25.0 Å². The standard InChI is InChI=1S/C16H17BrO5/c1-21-15(19)12-3-2-4-13(12)16(20)22-9-14(18)10-5-7-11(17)8-6-10/h5-8,12-13H,2-4,9H2,1H3/t12-,13-/m0/s1. The Bertz CT molecular complexity index is 566. The summed E-state index contributed by atoms with van der Waals surface area (Å²) in [5.41, 5.74) is 0.479. The van der Waals surface area contributed by atoms with E-state index >= 15 is 0 Å². The normalized spacial score (nSPS) is 20.5. The zero-order valence-electron chi connectivity index (χ0n) is 12.2. The average Bonchev–Trinajstić information content (AvgIpc) is 3.01. The second-order valence-corrected chi connectivity index (χ2v) is 6.12. The fraction of sp³-hybridized carbons (Fsp3) is 0.438. The molecule has 0 radical (unpaired) electrons. The molecule has 0 unspecified atom stereocenters. The van der Waals surface area contributed by atoms with Crippen LogP contribution in [0.5, 0.6) is 0 Å². The highest BCUT2D eigenvalue weighted by Gasteiger charge is 2.39. The maximum Gasteiger partial charge on any atom is 0.310 e. The number of carbonyl (C=O) groups excluding carboxylic acids is 3. The minimum atomic E-state index is -0.509. The van der Waals surface area contributed by atoms with Crippen LogP contribution in [0.25, 0.3) is 0 Å². The van der Waals surface area contributed by atoms with Gasteiger partial charge >= 0.3 is 11.9 Å². The highest BCUT2D eigenvalue weighted by molar-refractivity contribution is 9.10. The van der Waals surface area contributed by atoms with Crippen LogP contribution in [0.15, 0.2) is 28.7 Å². The Morgan fingerprint density at radius 3 is 2.27 bits per heavy atom. The molecule has 1 aliphatic rings. The number of esters is 2. The van der Waals surface area contributed by atoms with E-state index in [0.29, 0.717) is 18.4 Å². The van der Waals surface area contributed by atoms with Crippen LogP contribution in [-0.2, 0) is 19.1 Å². The van der Waals surface area contributed by atoms with Gasteiger partial charge in [0.05, 0.1) is 18.9 Å².